The van der Waals surface area contributed by atoms with Gasteiger partial charge in [0.05, 0.1) is 19.2 Å². The van der Waals surface area contributed by atoms with Crippen LogP contribution in [-0.2, 0) is 14.3 Å². The minimum atomic E-state index is -0.511. The maximum Gasteiger partial charge on any atom is 0.336 e. The van der Waals surface area contributed by atoms with Crippen LogP contribution in [0.2, 0.25) is 5.02 Å². The molecule has 24 heavy (non-hydrogen) atoms. The molecule has 3 rings (SSSR count). The fourth-order valence-corrected chi connectivity index (χ4v) is 3.65. The maximum atomic E-state index is 12.7. The van der Waals surface area contributed by atoms with Gasteiger partial charge in [0.2, 0.25) is 0 Å². The number of ketones is 1. The van der Waals surface area contributed by atoms with E-state index in [1.165, 1.54) is 7.11 Å². The van der Waals surface area contributed by atoms with E-state index in [1.807, 2.05) is 37.1 Å². The first-order chi connectivity index (χ1) is 11.4. The number of Topliss-reactive ketones (excluding diaryl/α,β-unsaturated/α-hetero) is 1. The van der Waals surface area contributed by atoms with E-state index in [0.717, 1.165) is 11.3 Å². The molecule has 2 aliphatic heterocycles. The highest BCUT2D eigenvalue weighted by Gasteiger charge is 2.40. The van der Waals surface area contributed by atoms with Crippen LogP contribution in [0.15, 0.2) is 46.8 Å². The van der Waals surface area contributed by atoms with Gasteiger partial charge < -0.3 is 10.1 Å². The van der Waals surface area contributed by atoms with Crippen molar-refractivity contribution in [2.75, 3.05) is 27.2 Å². The van der Waals surface area contributed by atoms with Crippen molar-refractivity contribution < 1.29 is 14.3 Å². The topological polar surface area (TPSA) is 58.6 Å². The van der Waals surface area contributed by atoms with E-state index >= 15 is 0 Å². The van der Waals surface area contributed by atoms with Crippen LogP contribution >= 0.6 is 11.6 Å². The van der Waals surface area contributed by atoms with E-state index in [4.69, 9.17) is 16.3 Å². The van der Waals surface area contributed by atoms with Crippen molar-refractivity contribution in [2.45, 2.75) is 12.8 Å². The van der Waals surface area contributed by atoms with Crippen LogP contribution in [0.3, 0.4) is 0 Å². The first-order valence-corrected chi connectivity index (χ1v) is 8.07. The molecule has 6 heteroatoms. The Morgan fingerprint density at radius 1 is 1.33 bits per heavy atom. The quantitative estimate of drug-likeness (QED) is 0.832. The number of likely N-dealkylation sites (N-methyl/N-ethyl adjacent to an activating group) is 1. The summed E-state index contributed by atoms with van der Waals surface area (Å²) < 4.78 is 4.96. The maximum absolute atomic E-state index is 12.7. The van der Waals surface area contributed by atoms with Crippen LogP contribution in [0.1, 0.15) is 18.4 Å². The summed E-state index contributed by atoms with van der Waals surface area (Å²) in [6.07, 6.45) is 0. The van der Waals surface area contributed by atoms with E-state index in [0.29, 0.717) is 35.0 Å². The van der Waals surface area contributed by atoms with Gasteiger partial charge in [-0.1, -0.05) is 29.8 Å². The Hall–Kier alpha value is -2.11. The Balaban J connectivity index is 2.23. The molecule has 1 aromatic rings. The summed E-state index contributed by atoms with van der Waals surface area (Å²) >= 11 is 6.39. The number of dihydropyridines is 1. The lowest BCUT2D eigenvalue weighted by molar-refractivity contribution is -0.136. The molecule has 0 aromatic heterocycles. The normalized spacial score (nSPS) is 21.5. The highest BCUT2D eigenvalue weighted by molar-refractivity contribution is 6.31. The third kappa shape index (κ3) is 2.74. The van der Waals surface area contributed by atoms with Crippen molar-refractivity contribution in [3.8, 4) is 0 Å². The summed E-state index contributed by atoms with van der Waals surface area (Å²) in [5.74, 6) is -0.975. The Labute approximate surface area is 145 Å². The number of hydrogen-bond donors (Lipinski definition) is 1. The third-order valence-electron chi connectivity index (χ3n) is 4.41. The van der Waals surface area contributed by atoms with Gasteiger partial charge in [-0.05, 0) is 25.6 Å². The predicted octanol–water partition coefficient (Wildman–Crippen LogP) is 2.24. The SMILES string of the molecule is COC(=O)C1=C(C)NC2=C(C(=O)CN(C)C2)C1c1ccccc1Cl. The van der Waals surface area contributed by atoms with E-state index in [1.54, 1.807) is 6.07 Å². The van der Waals surface area contributed by atoms with Gasteiger partial charge in [-0.25, -0.2) is 4.79 Å². The van der Waals surface area contributed by atoms with Gasteiger partial charge in [-0.2, -0.15) is 0 Å². The number of carbonyl (C=O) groups is 2. The molecule has 0 saturated carbocycles. The highest BCUT2D eigenvalue weighted by Crippen LogP contribution is 2.42. The number of allylic oxidation sites excluding steroid dienone is 1. The summed E-state index contributed by atoms with van der Waals surface area (Å²) in [6, 6.07) is 7.30. The van der Waals surface area contributed by atoms with Crippen LogP contribution < -0.4 is 5.32 Å². The van der Waals surface area contributed by atoms with E-state index in [9.17, 15) is 9.59 Å². The summed E-state index contributed by atoms with van der Waals surface area (Å²) in [6.45, 7) is 2.75. The van der Waals surface area contributed by atoms with Gasteiger partial charge in [0, 0.05) is 34.5 Å². The van der Waals surface area contributed by atoms with Crippen LogP contribution in [0.25, 0.3) is 0 Å². The zero-order valence-corrected chi connectivity index (χ0v) is 14.6. The van der Waals surface area contributed by atoms with Gasteiger partial charge in [0.1, 0.15) is 0 Å². The van der Waals surface area contributed by atoms with Crippen molar-refractivity contribution in [2.24, 2.45) is 0 Å². The third-order valence-corrected chi connectivity index (χ3v) is 4.75. The number of methoxy groups -OCH3 is 1. The summed E-state index contributed by atoms with van der Waals surface area (Å²) in [5, 5.41) is 3.74. The highest BCUT2D eigenvalue weighted by atomic mass is 35.5. The number of nitrogens with one attached hydrogen (secondary N) is 1. The standard InChI is InChI=1S/C18H19ClN2O3/c1-10-15(18(23)24-3)16(11-6-4-5-7-12(11)19)17-13(20-10)8-21(2)9-14(17)22/h4-7,16,20H,8-9H2,1-3H3. The molecule has 126 valence electrons. The molecule has 0 aliphatic carbocycles. The van der Waals surface area contributed by atoms with E-state index in [-0.39, 0.29) is 5.78 Å². The lowest BCUT2D eigenvalue weighted by atomic mass is 9.77. The number of benzene rings is 1. The molecular formula is C18H19ClN2O3. The largest absolute Gasteiger partial charge is 0.466 e. The molecule has 1 atom stereocenters. The second kappa shape index (κ2) is 6.42. The van der Waals surface area contributed by atoms with E-state index in [2.05, 4.69) is 5.32 Å². The van der Waals surface area contributed by atoms with Crippen molar-refractivity contribution >= 4 is 23.4 Å². The van der Waals surface area contributed by atoms with Gasteiger partial charge in [-0.3, -0.25) is 9.69 Å². The molecule has 0 radical (unpaired) electrons. The molecule has 2 heterocycles. The summed E-state index contributed by atoms with van der Waals surface area (Å²) in [5.41, 5.74) is 3.29. The van der Waals surface area contributed by atoms with Gasteiger partial charge >= 0.3 is 5.97 Å². The fourth-order valence-electron chi connectivity index (χ4n) is 3.41. The molecule has 1 N–H and O–H groups in total. The van der Waals surface area contributed by atoms with Gasteiger partial charge in [0.25, 0.3) is 0 Å². The lowest BCUT2D eigenvalue weighted by Gasteiger charge is -2.36. The lowest BCUT2D eigenvalue weighted by Crippen LogP contribution is -2.44. The molecular weight excluding hydrogens is 328 g/mol. The van der Waals surface area contributed by atoms with Crippen molar-refractivity contribution in [3.05, 3.63) is 57.4 Å². The van der Waals surface area contributed by atoms with Crippen molar-refractivity contribution in [3.63, 3.8) is 0 Å². The Kier molecular flexibility index (Phi) is 4.47. The second-order valence-corrected chi connectivity index (χ2v) is 6.50. The number of rotatable bonds is 2. The monoisotopic (exact) mass is 346 g/mol. The number of hydrogen-bond acceptors (Lipinski definition) is 5. The summed E-state index contributed by atoms with van der Waals surface area (Å²) in [4.78, 5) is 27.1. The molecule has 1 unspecified atom stereocenters. The first-order valence-electron chi connectivity index (χ1n) is 7.69. The molecule has 0 amide bonds. The number of esters is 1. The second-order valence-electron chi connectivity index (χ2n) is 6.10. The zero-order chi connectivity index (χ0) is 17.4. The number of halogens is 1. The average Bonchev–Trinajstić information content (AvgIpc) is 2.53. The first kappa shape index (κ1) is 16.7. The molecule has 0 spiro atoms. The minimum absolute atomic E-state index is 0.00919. The van der Waals surface area contributed by atoms with Crippen LogP contribution in [-0.4, -0.2) is 43.9 Å². The van der Waals surface area contributed by atoms with Crippen LogP contribution in [0.5, 0.6) is 0 Å². The molecule has 1 aromatic carbocycles. The van der Waals surface area contributed by atoms with Crippen LogP contribution in [0.4, 0.5) is 0 Å². The Bertz CT molecular complexity index is 782. The van der Waals surface area contributed by atoms with Gasteiger partial charge in [-0.15, -0.1) is 0 Å². The Morgan fingerprint density at radius 2 is 2.04 bits per heavy atom. The zero-order valence-electron chi connectivity index (χ0n) is 13.9. The van der Waals surface area contributed by atoms with Gasteiger partial charge in [0.15, 0.2) is 5.78 Å². The Morgan fingerprint density at radius 3 is 2.71 bits per heavy atom. The van der Waals surface area contributed by atoms with Crippen molar-refractivity contribution in [1.82, 2.24) is 10.2 Å². The van der Waals surface area contributed by atoms with Crippen LogP contribution in [0, 0.1) is 0 Å². The molecule has 0 saturated heterocycles. The predicted molar refractivity (Wildman–Crippen MR) is 91.6 cm³/mol. The average molecular weight is 347 g/mol. The van der Waals surface area contributed by atoms with Crippen molar-refractivity contribution in [1.29, 1.82) is 0 Å². The fraction of sp³-hybridized carbons (Fsp3) is 0.333. The molecule has 5 nitrogen and oxygen atoms in total. The summed E-state index contributed by atoms with van der Waals surface area (Å²) in [7, 11) is 3.23. The number of ether oxygens (including phenoxy) is 1. The number of nitrogens with zero attached hydrogens (tertiary/aromatic N) is 1. The smallest absolute Gasteiger partial charge is 0.336 e. The van der Waals surface area contributed by atoms with E-state index < -0.39 is 11.9 Å². The molecule has 0 fully saturated rings. The molecule has 0 bridgehead atoms. The minimum Gasteiger partial charge on any atom is -0.466 e. The molecule has 2 aliphatic rings. The number of carbonyl (C=O) groups excluding carboxylic acids is 2.